The van der Waals surface area contributed by atoms with Crippen molar-refractivity contribution >= 4 is 34.1 Å². The van der Waals surface area contributed by atoms with Crippen LogP contribution in [0.4, 0.5) is 26.1 Å². The molecule has 0 atom stereocenters. The lowest BCUT2D eigenvalue weighted by molar-refractivity contribution is 0.102. The van der Waals surface area contributed by atoms with Gasteiger partial charge in [0.05, 0.1) is 16.8 Å². The molecular weight excluding hydrogens is 364 g/mol. The van der Waals surface area contributed by atoms with Crippen molar-refractivity contribution in [2.45, 2.75) is 0 Å². The quantitative estimate of drug-likeness (QED) is 0.554. The van der Waals surface area contributed by atoms with Crippen molar-refractivity contribution in [3.8, 4) is 0 Å². The number of amides is 1. The zero-order chi connectivity index (χ0) is 19.5. The molecule has 138 valence electrons. The molecule has 2 aromatic heterocycles. The number of nitrogens with one attached hydrogen (secondary N) is 2. The molecule has 0 aliphatic heterocycles. The third-order valence-corrected chi connectivity index (χ3v) is 3.97. The number of para-hydroxylation sites is 1. The molecule has 0 unspecified atom stereocenters. The van der Waals surface area contributed by atoms with Gasteiger partial charge in [-0.25, -0.2) is 18.7 Å². The smallest absolute Gasteiger partial charge is 0.258 e. The van der Waals surface area contributed by atoms with Crippen LogP contribution < -0.4 is 10.6 Å². The molecule has 0 bridgehead atoms. The molecule has 1 amide bonds. The zero-order valence-corrected chi connectivity index (χ0v) is 14.4. The number of hydrogen-bond acceptors (Lipinski definition) is 5. The fourth-order valence-electron chi connectivity index (χ4n) is 2.61. The van der Waals surface area contributed by atoms with Crippen molar-refractivity contribution in [2.75, 3.05) is 10.6 Å². The van der Waals surface area contributed by atoms with Crippen LogP contribution in [0.25, 0.3) is 10.9 Å². The summed E-state index contributed by atoms with van der Waals surface area (Å²) in [4.78, 5) is 24.8. The highest BCUT2D eigenvalue weighted by molar-refractivity contribution is 6.04. The number of nitrogens with zero attached hydrogens (tertiary/aromatic N) is 3. The third-order valence-electron chi connectivity index (χ3n) is 3.97. The van der Waals surface area contributed by atoms with Crippen molar-refractivity contribution in [3.63, 3.8) is 0 Å². The molecule has 8 heteroatoms. The number of fused-ring (bicyclic) bond motifs is 1. The maximum Gasteiger partial charge on any atom is 0.258 e. The Labute approximate surface area is 158 Å². The average molecular weight is 377 g/mol. The molecule has 0 aliphatic carbocycles. The Bertz CT molecular complexity index is 1160. The van der Waals surface area contributed by atoms with E-state index in [1.54, 1.807) is 6.20 Å². The molecule has 2 heterocycles. The lowest BCUT2D eigenvalue weighted by atomic mass is 10.2. The number of carbonyl (C=O) groups excluding carboxylic acids is 1. The second kappa shape index (κ2) is 7.36. The van der Waals surface area contributed by atoms with Crippen LogP contribution in [0.3, 0.4) is 0 Å². The Morgan fingerprint density at radius 2 is 1.68 bits per heavy atom. The Morgan fingerprint density at radius 3 is 2.46 bits per heavy atom. The summed E-state index contributed by atoms with van der Waals surface area (Å²) in [6.45, 7) is 0. The summed E-state index contributed by atoms with van der Waals surface area (Å²) in [7, 11) is 0. The van der Waals surface area contributed by atoms with Crippen LogP contribution in [0.5, 0.6) is 0 Å². The summed E-state index contributed by atoms with van der Waals surface area (Å²) in [5, 5.41) is 6.50. The maximum atomic E-state index is 13.2. The molecule has 2 N–H and O–H groups in total. The van der Waals surface area contributed by atoms with E-state index in [4.69, 9.17) is 0 Å². The molecule has 4 rings (SSSR count). The minimum atomic E-state index is -1.04. The Kier molecular flexibility index (Phi) is 4.59. The van der Waals surface area contributed by atoms with Gasteiger partial charge in [-0.1, -0.05) is 18.2 Å². The second-order valence-corrected chi connectivity index (χ2v) is 5.88. The van der Waals surface area contributed by atoms with Crippen molar-refractivity contribution in [3.05, 3.63) is 84.3 Å². The first-order valence-corrected chi connectivity index (χ1v) is 8.29. The molecular formula is C20H13F2N5O. The van der Waals surface area contributed by atoms with Gasteiger partial charge in [-0.15, -0.1) is 0 Å². The van der Waals surface area contributed by atoms with E-state index in [0.29, 0.717) is 5.95 Å². The second-order valence-electron chi connectivity index (χ2n) is 5.88. The Morgan fingerprint density at radius 1 is 0.893 bits per heavy atom. The summed E-state index contributed by atoms with van der Waals surface area (Å²) in [6.07, 6.45) is 4.37. The minimum Gasteiger partial charge on any atom is -0.322 e. The van der Waals surface area contributed by atoms with Gasteiger partial charge in [0, 0.05) is 35.7 Å². The third kappa shape index (κ3) is 3.61. The number of aromatic nitrogens is 3. The number of rotatable bonds is 4. The van der Waals surface area contributed by atoms with Gasteiger partial charge in [-0.05, 0) is 24.3 Å². The van der Waals surface area contributed by atoms with Crippen LogP contribution in [0, 0.1) is 11.6 Å². The van der Waals surface area contributed by atoms with Crippen LogP contribution in [-0.4, -0.2) is 20.9 Å². The number of benzene rings is 2. The summed E-state index contributed by atoms with van der Waals surface area (Å²) >= 11 is 0. The van der Waals surface area contributed by atoms with Gasteiger partial charge in [0.15, 0.2) is 11.6 Å². The van der Waals surface area contributed by atoms with Gasteiger partial charge in [0.25, 0.3) is 5.91 Å². The first-order chi connectivity index (χ1) is 13.6. The van der Waals surface area contributed by atoms with Gasteiger partial charge in [-0.3, -0.25) is 9.78 Å². The van der Waals surface area contributed by atoms with Gasteiger partial charge < -0.3 is 10.6 Å². The molecule has 0 saturated heterocycles. The highest BCUT2D eigenvalue weighted by atomic mass is 19.2. The Hall–Kier alpha value is -3.94. The number of pyridine rings is 1. The van der Waals surface area contributed by atoms with E-state index in [1.807, 2.05) is 30.3 Å². The molecule has 0 aliphatic rings. The van der Waals surface area contributed by atoms with Crippen LogP contribution >= 0.6 is 0 Å². The summed E-state index contributed by atoms with van der Waals surface area (Å²) in [6, 6.07) is 12.6. The van der Waals surface area contributed by atoms with E-state index in [9.17, 15) is 13.6 Å². The van der Waals surface area contributed by atoms with Crippen LogP contribution in [0.15, 0.2) is 67.1 Å². The van der Waals surface area contributed by atoms with Crippen LogP contribution in [0.2, 0.25) is 0 Å². The van der Waals surface area contributed by atoms with E-state index in [-0.39, 0.29) is 11.3 Å². The van der Waals surface area contributed by atoms with Gasteiger partial charge in [-0.2, -0.15) is 0 Å². The molecule has 0 radical (unpaired) electrons. The molecule has 6 nitrogen and oxygen atoms in total. The lowest BCUT2D eigenvalue weighted by Crippen LogP contribution is -2.13. The fourth-order valence-corrected chi connectivity index (χ4v) is 2.61. The predicted octanol–water partition coefficient (Wildman–Crippen LogP) is 4.30. The monoisotopic (exact) mass is 377 g/mol. The normalized spacial score (nSPS) is 10.6. The molecule has 0 fully saturated rings. The zero-order valence-electron chi connectivity index (χ0n) is 14.4. The van der Waals surface area contributed by atoms with Crippen molar-refractivity contribution in [1.29, 1.82) is 0 Å². The molecule has 0 saturated carbocycles. The topological polar surface area (TPSA) is 79.8 Å². The van der Waals surface area contributed by atoms with E-state index < -0.39 is 17.5 Å². The van der Waals surface area contributed by atoms with E-state index in [0.717, 1.165) is 28.7 Å². The first kappa shape index (κ1) is 17.5. The van der Waals surface area contributed by atoms with Crippen LogP contribution in [-0.2, 0) is 0 Å². The van der Waals surface area contributed by atoms with Crippen LogP contribution in [0.1, 0.15) is 10.4 Å². The minimum absolute atomic E-state index is 0.132. The molecule has 4 aromatic rings. The standard InChI is InChI=1S/C20H13F2N5O/c21-15-7-6-14(9-16(15)22)26-19(28)13-10-24-20(25-11-13)27-17-5-1-3-12-4-2-8-23-18(12)17/h1-11H,(H,26,28)(H,24,25,27). The average Bonchev–Trinajstić information content (AvgIpc) is 2.71. The molecule has 28 heavy (non-hydrogen) atoms. The number of halogens is 2. The highest BCUT2D eigenvalue weighted by Crippen LogP contribution is 2.23. The predicted molar refractivity (Wildman–Crippen MR) is 101 cm³/mol. The van der Waals surface area contributed by atoms with Gasteiger partial charge >= 0.3 is 0 Å². The summed E-state index contributed by atoms with van der Waals surface area (Å²) in [5.74, 6) is -2.27. The highest BCUT2D eigenvalue weighted by Gasteiger charge is 2.10. The SMILES string of the molecule is O=C(Nc1ccc(F)c(F)c1)c1cnc(Nc2cccc3cccnc23)nc1. The largest absolute Gasteiger partial charge is 0.322 e. The van der Waals surface area contributed by atoms with E-state index in [1.165, 1.54) is 18.5 Å². The number of carbonyl (C=O) groups is 1. The van der Waals surface area contributed by atoms with E-state index in [2.05, 4.69) is 25.6 Å². The van der Waals surface area contributed by atoms with Gasteiger partial charge in [0.1, 0.15) is 0 Å². The molecule has 0 spiro atoms. The summed E-state index contributed by atoms with van der Waals surface area (Å²) in [5.41, 5.74) is 1.81. The van der Waals surface area contributed by atoms with Crippen molar-refractivity contribution in [1.82, 2.24) is 15.0 Å². The Balaban J connectivity index is 1.50. The lowest BCUT2D eigenvalue weighted by Gasteiger charge is -2.08. The number of anilines is 3. The molecule has 2 aromatic carbocycles. The first-order valence-electron chi connectivity index (χ1n) is 8.29. The fraction of sp³-hybridized carbons (Fsp3) is 0. The van der Waals surface area contributed by atoms with Crippen molar-refractivity contribution < 1.29 is 13.6 Å². The summed E-state index contributed by atoms with van der Waals surface area (Å²) < 4.78 is 26.2. The number of hydrogen-bond donors (Lipinski definition) is 2. The van der Waals surface area contributed by atoms with Gasteiger partial charge in [0.2, 0.25) is 5.95 Å². The van der Waals surface area contributed by atoms with Crippen molar-refractivity contribution in [2.24, 2.45) is 0 Å². The van der Waals surface area contributed by atoms with E-state index >= 15 is 0 Å². The maximum absolute atomic E-state index is 13.2.